The second-order valence-corrected chi connectivity index (χ2v) is 8.03. The average Bonchev–Trinajstić information content (AvgIpc) is 3.35. The van der Waals surface area contributed by atoms with Crippen LogP contribution < -0.4 is 15.4 Å². The van der Waals surface area contributed by atoms with Crippen molar-refractivity contribution in [2.45, 2.75) is 56.7 Å². The second kappa shape index (κ2) is 8.82. The van der Waals surface area contributed by atoms with Gasteiger partial charge in [0.25, 0.3) is 0 Å². The molecule has 2 aromatic rings. The van der Waals surface area contributed by atoms with Gasteiger partial charge in [0.2, 0.25) is 11.7 Å². The first kappa shape index (κ1) is 19.7. The van der Waals surface area contributed by atoms with Gasteiger partial charge in [0.1, 0.15) is 5.75 Å². The highest BCUT2D eigenvalue weighted by molar-refractivity contribution is 5.74. The Morgan fingerprint density at radius 1 is 1.14 bits per heavy atom. The first-order valence-electron chi connectivity index (χ1n) is 10.4. The van der Waals surface area contributed by atoms with E-state index in [1.165, 1.54) is 19.3 Å². The average molecular weight is 399 g/mol. The van der Waals surface area contributed by atoms with Crippen LogP contribution in [0.4, 0.5) is 4.79 Å². The predicted octanol–water partition coefficient (Wildman–Crippen LogP) is 3.12. The van der Waals surface area contributed by atoms with Crippen LogP contribution in [-0.4, -0.2) is 53.9 Å². The number of rotatable bonds is 5. The van der Waals surface area contributed by atoms with Crippen LogP contribution in [0, 0.1) is 0 Å². The topological polar surface area (TPSA) is 92.5 Å². The molecular formula is C21H29N5O3. The van der Waals surface area contributed by atoms with Crippen molar-refractivity contribution in [1.82, 2.24) is 25.7 Å². The molecule has 2 atom stereocenters. The molecule has 2 fully saturated rings. The molecule has 1 aliphatic carbocycles. The molecule has 2 heterocycles. The lowest BCUT2D eigenvalue weighted by Gasteiger charge is -2.24. The number of nitrogens with zero attached hydrogens (tertiary/aromatic N) is 3. The molecule has 0 bridgehead atoms. The van der Waals surface area contributed by atoms with E-state index in [2.05, 4.69) is 25.7 Å². The Morgan fingerprint density at radius 2 is 1.86 bits per heavy atom. The molecule has 8 heteroatoms. The second-order valence-electron chi connectivity index (χ2n) is 8.03. The molecular weight excluding hydrogens is 370 g/mol. The van der Waals surface area contributed by atoms with E-state index in [-0.39, 0.29) is 18.1 Å². The fourth-order valence-electron chi connectivity index (χ4n) is 4.28. The van der Waals surface area contributed by atoms with E-state index in [0.717, 1.165) is 37.1 Å². The molecule has 2 aliphatic rings. The van der Waals surface area contributed by atoms with Crippen LogP contribution in [0.1, 0.15) is 50.5 Å². The van der Waals surface area contributed by atoms with Gasteiger partial charge < -0.3 is 19.9 Å². The number of hydrogen-bond acceptors (Lipinski definition) is 6. The van der Waals surface area contributed by atoms with Crippen LogP contribution in [0.5, 0.6) is 5.75 Å². The number of likely N-dealkylation sites (tertiary alicyclic amines) is 1. The van der Waals surface area contributed by atoms with E-state index in [4.69, 9.17) is 9.26 Å². The zero-order valence-corrected chi connectivity index (χ0v) is 17.1. The molecule has 1 saturated carbocycles. The number of amides is 2. The highest BCUT2D eigenvalue weighted by Gasteiger charge is 2.35. The number of carbonyl (C=O) groups excluding carboxylic acids is 1. The van der Waals surface area contributed by atoms with E-state index in [1.54, 1.807) is 7.11 Å². The number of nitrogens with one attached hydrogen (secondary N) is 2. The first-order valence-corrected chi connectivity index (χ1v) is 10.4. The van der Waals surface area contributed by atoms with Gasteiger partial charge >= 0.3 is 6.03 Å². The third-order valence-electron chi connectivity index (χ3n) is 5.90. The summed E-state index contributed by atoms with van der Waals surface area (Å²) in [6.07, 6.45) is 6.59. The Labute approximate surface area is 171 Å². The summed E-state index contributed by atoms with van der Waals surface area (Å²) in [4.78, 5) is 19.1. The molecule has 2 unspecified atom stereocenters. The molecule has 8 nitrogen and oxygen atoms in total. The third-order valence-corrected chi connectivity index (χ3v) is 5.90. The number of hydrogen-bond donors (Lipinski definition) is 2. The van der Waals surface area contributed by atoms with E-state index in [0.29, 0.717) is 17.8 Å². The van der Waals surface area contributed by atoms with Crippen molar-refractivity contribution in [3.05, 3.63) is 30.2 Å². The number of aromatic nitrogens is 2. The predicted molar refractivity (Wildman–Crippen MR) is 109 cm³/mol. The van der Waals surface area contributed by atoms with E-state index in [1.807, 2.05) is 31.3 Å². The maximum Gasteiger partial charge on any atom is 0.315 e. The molecule has 4 rings (SSSR count). The van der Waals surface area contributed by atoms with Crippen molar-refractivity contribution in [1.29, 1.82) is 0 Å². The molecule has 1 aliphatic heterocycles. The SMILES string of the molecule is COc1ccc(-c2noc(C3CC(NC(=O)NC4CCCCC4)CN3C)n2)cc1. The van der Waals surface area contributed by atoms with Crippen LogP contribution >= 0.6 is 0 Å². The van der Waals surface area contributed by atoms with E-state index >= 15 is 0 Å². The van der Waals surface area contributed by atoms with Gasteiger partial charge in [-0.2, -0.15) is 4.98 Å². The lowest BCUT2D eigenvalue weighted by Crippen LogP contribution is -2.47. The summed E-state index contributed by atoms with van der Waals surface area (Å²) in [5.41, 5.74) is 0.878. The zero-order valence-electron chi connectivity index (χ0n) is 17.1. The van der Waals surface area contributed by atoms with E-state index in [9.17, 15) is 4.79 Å². The summed E-state index contributed by atoms with van der Waals surface area (Å²) in [6, 6.07) is 7.86. The summed E-state index contributed by atoms with van der Waals surface area (Å²) in [7, 11) is 3.65. The minimum Gasteiger partial charge on any atom is -0.497 e. The van der Waals surface area contributed by atoms with E-state index < -0.39 is 0 Å². The molecule has 0 radical (unpaired) electrons. The standard InChI is InChI=1S/C21H29N5O3/c1-26-13-16(23-21(27)22-15-6-4-3-5-7-15)12-18(26)20-24-19(25-29-20)14-8-10-17(28-2)11-9-14/h8-11,15-16,18H,3-7,12-13H2,1-2H3,(H2,22,23,27). The molecule has 0 spiro atoms. The molecule has 1 saturated heterocycles. The lowest BCUT2D eigenvalue weighted by atomic mass is 9.96. The van der Waals surface area contributed by atoms with Gasteiger partial charge in [-0.3, -0.25) is 4.90 Å². The maximum atomic E-state index is 12.4. The van der Waals surface area contributed by atoms with Crippen LogP contribution in [0.3, 0.4) is 0 Å². The van der Waals surface area contributed by atoms with Crippen molar-refractivity contribution in [2.75, 3.05) is 20.7 Å². The lowest BCUT2D eigenvalue weighted by molar-refractivity contribution is 0.228. The quantitative estimate of drug-likeness (QED) is 0.803. The number of ether oxygens (including phenoxy) is 1. The van der Waals surface area contributed by atoms with Gasteiger partial charge in [0.05, 0.1) is 13.2 Å². The molecule has 1 aromatic heterocycles. The minimum absolute atomic E-state index is 0.00511. The summed E-state index contributed by atoms with van der Waals surface area (Å²) in [5, 5.41) is 10.4. The van der Waals surface area contributed by atoms with Crippen LogP contribution in [-0.2, 0) is 0 Å². The Kier molecular flexibility index (Phi) is 5.99. The number of urea groups is 1. The fraction of sp³-hybridized carbons (Fsp3) is 0.571. The highest BCUT2D eigenvalue weighted by Crippen LogP contribution is 2.31. The van der Waals surface area contributed by atoms with Crippen LogP contribution in [0.2, 0.25) is 0 Å². The third kappa shape index (κ3) is 4.70. The van der Waals surface area contributed by atoms with Gasteiger partial charge in [-0.05, 0) is 50.6 Å². The maximum absolute atomic E-state index is 12.4. The zero-order chi connectivity index (χ0) is 20.2. The number of benzene rings is 1. The monoisotopic (exact) mass is 399 g/mol. The van der Waals surface area contributed by atoms with Crippen molar-refractivity contribution < 1.29 is 14.1 Å². The Bertz CT molecular complexity index is 816. The molecule has 156 valence electrons. The summed E-state index contributed by atoms with van der Waals surface area (Å²) >= 11 is 0. The van der Waals surface area contributed by atoms with Gasteiger partial charge in [-0.1, -0.05) is 24.4 Å². The summed E-state index contributed by atoms with van der Waals surface area (Å²) < 4.78 is 10.7. The van der Waals surface area contributed by atoms with Crippen LogP contribution in [0.15, 0.2) is 28.8 Å². The van der Waals surface area contributed by atoms with Crippen molar-refractivity contribution in [2.24, 2.45) is 0 Å². The van der Waals surface area contributed by atoms with Gasteiger partial charge in [0.15, 0.2) is 0 Å². The molecule has 29 heavy (non-hydrogen) atoms. The van der Waals surface area contributed by atoms with Crippen molar-refractivity contribution in [3.63, 3.8) is 0 Å². The van der Waals surface area contributed by atoms with Crippen LogP contribution in [0.25, 0.3) is 11.4 Å². The highest BCUT2D eigenvalue weighted by atomic mass is 16.5. The summed E-state index contributed by atoms with van der Waals surface area (Å²) in [6.45, 7) is 0.753. The molecule has 2 amide bonds. The number of carbonyl (C=O) groups is 1. The van der Waals surface area contributed by atoms with Crippen molar-refractivity contribution in [3.8, 4) is 17.1 Å². The Hall–Kier alpha value is -2.61. The normalized spacial score (nSPS) is 23.1. The Balaban J connectivity index is 1.34. The minimum atomic E-state index is -0.0691. The summed E-state index contributed by atoms with van der Waals surface area (Å²) in [5.74, 6) is 1.92. The van der Waals surface area contributed by atoms with Crippen molar-refractivity contribution >= 4 is 6.03 Å². The number of methoxy groups -OCH3 is 1. The largest absolute Gasteiger partial charge is 0.497 e. The van der Waals surface area contributed by atoms with Gasteiger partial charge in [-0.25, -0.2) is 4.79 Å². The van der Waals surface area contributed by atoms with Gasteiger partial charge in [0, 0.05) is 24.2 Å². The smallest absolute Gasteiger partial charge is 0.315 e. The molecule has 2 N–H and O–H groups in total. The Morgan fingerprint density at radius 3 is 2.59 bits per heavy atom. The first-order chi connectivity index (χ1) is 14.1. The fourth-order valence-corrected chi connectivity index (χ4v) is 4.28. The number of likely N-dealkylation sites (N-methyl/N-ethyl adjacent to an activating group) is 1. The molecule has 1 aromatic carbocycles. The van der Waals surface area contributed by atoms with Gasteiger partial charge in [-0.15, -0.1) is 0 Å².